The number of hydrogen-bond acceptors (Lipinski definition) is 3. The Morgan fingerprint density at radius 3 is 2.71 bits per heavy atom. The summed E-state index contributed by atoms with van der Waals surface area (Å²) in [5, 5.41) is 6.47. The Balaban J connectivity index is 2.32. The molecule has 6 heteroatoms. The molecule has 24 heavy (non-hydrogen) atoms. The highest BCUT2D eigenvalue weighted by Gasteiger charge is 2.09. The van der Waals surface area contributed by atoms with Gasteiger partial charge < -0.3 is 20.1 Å². The second kappa shape index (κ2) is 11.7. The number of ether oxygens (including phenoxy) is 2. The predicted octanol–water partition coefficient (Wildman–Crippen LogP) is 2.96. The van der Waals surface area contributed by atoms with Gasteiger partial charge in [0.15, 0.2) is 5.96 Å². The molecule has 0 aromatic heterocycles. The molecule has 2 N–H and O–H groups in total. The molecule has 136 valence electrons. The Morgan fingerprint density at radius 1 is 1.29 bits per heavy atom. The molecule has 1 rings (SSSR count). The van der Waals surface area contributed by atoms with Crippen LogP contribution in [0.25, 0.3) is 0 Å². The lowest BCUT2D eigenvalue weighted by Gasteiger charge is -2.20. The van der Waals surface area contributed by atoms with Crippen molar-refractivity contribution in [2.45, 2.75) is 45.8 Å². The van der Waals surface area contributed by atoms with Gasteiger partial charge in [-0.25, -0.2) is 4.39 Å². The molecule has 1 unspecified atom stereocenters. The number of halogens is 1. The maximum absolute atomic E-state index is 13.2. The van der Waals surface area contributed by atoms with Gasteiger partial charge in [-0.05, 0) is 38.8 Å². The van der Waals surface area contributed by atoms with Crippen molar-refractivity contribution >= 4 is 5.96 Å². The fourth-order valence-electron chi connectivity index (χ4n) is 2.03. The first-order valence-electron chi connectivity index (χ1n) is 8.53. The van der Waals surface area contributed by atoms with Crippen molar-refractivity contribution in [3.8, 4) is 5.75 Å². The maximum Gasteiger partial charge on any atom is 0.191 e. The van der Waals surface area contributed by atoms with E-state index in [0.29, 0.717) is 12.3 Å². The van der Waals surface area contributed by atoms with E-state index in [-0.39, 0.29) is 18.0 Å². The molecule has 0 saturated heterocycles. The molecule has 0 fully saturated rings. The normalized spacial score (nSPS) is 13.0. The largest absolute Gasteiger partial charge is 0.489 e. The quantitative estimate of drug-likeness (QED) is 0.391. The lowest BCUT2D eigenvalue weighted by Crippen LogP contribution is -2.42. The van der Waals surface area contributed by atoms with E-state index in [2.05, 4.69) is 15.6 Å². The molecule has 1 aromatic carbocycles. The fourth-order valence-corrected chi connectivity index (χ4v) is 2.03. The Labute approximate surface area is 144 Å². The van der Waals surface area contributed by atoms with Crippen LogP contribution in [0.1, 0.15) is 33.6 Å². The van der Waals surface area contributed by atoms with Crippen LogP contribution in [-0.4, -0.2) is 44.9 Å². The zero-order chi connectivity index (χ0) is 17.8. The van der Waals surface area contributed by atoms with E-state index in [1.54, 1.807) is 19.2 Å². The molecule has 0 amide bonds. The van der Waals surface area contributed by atoms with Crippen molar-refractivity contribution in [2.24, 2.45) is 4.99 Å². The van der Waals surface area contributed by atoms with Crippen LogP contribution in [0.2, 0.25) is 0 Å². The molecule has 0 spiro atoms. The Bertz CT molecular complexity index is 495. The standard InChI is InChI=1S/C18H30FN3O2/c1-5-16(24-17-9-6-8-15(19)12-17)13-22-18(20-4)21-10-7-11-23-14(2)3/h6,8-9,12,14,16H,5,7,10-11,13H2,1-4H3,(H2,20,21,22). The minimum Gasteiger partial charge on any atom is -0.489 e. The summed E-state index contributed by atoms with van der Waals surface area (Å²) >= 11 is 0. The summed E-state index contributed by atoms with van der Waals surface area (Å²) in [4.78, 5) is 4.19. The van der Waals surface area contributed by atoms with Gasteiger partial charge in [-0.1, -0.05) is 13.0 Å². The first-order chi connectivity index (χ1) is 11.5. The molecule has 0 saturated carbocycles. The second-order valence-corrected chi connectivity index (χ2v) is 5.76. The lowest BCUT2D eigenvalue weighted by molar-refractivity contribution is 0.0776. The summed E-state index contributed by atoms with van der Waals surface area (Å²) in [6.07, 6.45) is 1.92. The van der Waals surface area contributed by atoms with E-state index in [1.165, 1.54) is 12.1 Å². The van der Waals surface area contributed by atoms with Crippen molar-refractivity contribution in [2.75, 3.05) is 26.7 Å². The van der Waals surface area contributed by atoms with Crippen LogP contribution in [0.15, 0.2) is 29.3 Å². The van der Waals surface area contributed by atoms with E-state index < -0.39 is 0 Å². The first kappa shape index (κ1) is 20.2. The van der Waals surface area contributed by atoms with E-state index in [1.807, 2.05) is 20.8 Å². The van der Waals surface area contributed by atoms with Gasteiger partial charge in [-0.2, -0.15) is 0 Å². The third-order valence-electron chi connectivity index (χ3n) is 3.34. The average molecular weight is 339 g/mol. The number of benzene rings is 1. The molecule has 0 bridgehead atoms. The van der Waals surface area contributed by atoms with Crippen LogP contribution >= 0.6 is 0 Å². The zero-order valence-electron chi connectivity index (χ0n) is 15.1. The van der Waals surface area contributed by atoms with Crippen LogP contribution in [0, 0.1) is 5.82 Å². The smallest absolute Gasteiger partial charge is 0.191 e. The Hall–Kier alpha value is -1.82. The summed E-state index contributed by atoms with van der Waals surface area (Å²) in [6.45, 7) is 8.19. The number of guanidine groups is 1. The van der Waals surface area contributed by atoms with E-state index in [9.17, 15) is 4.39 Å². The molecule has 0 radical (unpaired) electrons. The molecule has 1 aromatic rings. The van der Waals surface area contributed by atoms with Crippen molar-refractivity contribution in [3.63, 3.8) is 0 Å². The second-order valence-electron chi connectivity index (χ2n) is 5.76. The van der Waals surface area contributed by atoms with Gasteiger partial charge in [0.2, 0.25) is 0 Å². The highest BCUT2D eigenvalue weighted by atomic mass is 19.1. The van der Waals surface area contributed by atoms with Gasteiger partial charge in [-0.15, -0.1) is 0 Å². The number of nitrogens with one attached hydrogen (secondary N) is 2. The molecule has 1 atom stereocenters. The molecule has 5 nitrogen and oxygen atoms in total. The summed E-state index contributed by atoms with van der Waals surface area (Å²) in [5.41, 5.74) is 0. The number of rotatable bonds is 10. The molecular formula is C18H30FN3O2. The molecule has 0 aliphatic rings. The van der Waals surface area contributed by atoms with Gasteiger partial charge in [0.05, 0.1) is 12.6 Å². The molecular weight excluding hydrogens is 309 g/mol. The maximum atomic E-state index is 13.2. The van der Waals surface area contributed by atoms with Crippen LogP contribution in [-0.2, 0) is 4.74 Å². The zero-order valence-corrected chi connectivity index (χ0v) is 15.1. The summed E-state index contributed by atoms with van der Waals surface area (Å²) in [6, 6.07) is 6.20. The van der Waals surface area contributed by atoms with Gasteiger partial charge in [0.25, 0.3) is 0 Å². The summed E-state index contributed by atoms with van der Waals surface area (Å²) in [7, 11) is 1.73. The fraction of sp³-hybridized carbons (Fsp3) is 0.611. The third-order valence-corrected chi connectivity index (χ3v) is 3.34. The van der Waals surface area contributed by atoms with Gasteiger partial charge in [0, 0.05) is 26.3 Å². The van der Waals surface area contributed by atoms with Crippen LogP contribution in [0.5, 0.6) is 5.75 Å². The SMILES string of the molecule is CCC(CNC(=NC)NCCCOC(C)C)Oc1cccc(F)c1. The van der Waals surface area contributed by atoms with Crippen LogP contribution in [0.3, 0.4) is 0 Å². The summed E-state index contributed by atoms with van der Waals surface area (Å²) in [5.74, 6) is 0.967. The number of hydrogen-bond donors (Lipinski definition) is 2. The highest BCUT2D eigenvalue weighted by molar-refractivity contribution is 5.79. The van der Waals surface area contributed by atoms with Crippen LogP contribution in [0.4, 0.5) is 4.39 Å². The average Bonchev–Trinajstić information content (AvgIpc) is 2.55. The van der Waals surface area contributed by atoms with Crippen LogP contribution < -0.4 is 15.4 Å². The Kier molecular flexibility index (Phi) is 9.84. The van der Waals surface area contributed by atoms with Crippen molar-refractivity contribution in [1.29, 1.82) is 0 Å². The van der Waals surface area contributed by atoms with Crippen molar-refractivity contribution < 1.29 is 13.9 Å². The highest BCUT2D eigenvalue weighted by Crippen LogP contribution is 2.14. The lowest BCUT2D eigenvalue weighted by atomic mass is 10.2. The summed E-state index contributed by atoms with van der Waals surface area (Å²) < 4.78 is 24.5. The monoisotopic (exact) mass is 339 g/mol. The van der Waals surface area contributed by atoms with E-state index in [4.69, 9.17) is 9.47 Å². The van der Waals surface area contributed by atoms with Gasteiger partial charge in [-0.3, -0.25) is 4.99 Å². The van der Waals surface area contributed by atoms with Crippen molar-refractivity contribution in [1.82, 2.24) is 10.6 Å². The number of aliphatic imine (C=N–C) groups is 1. The molecule has 0 heterocycles. The predicted molar refractivity (Wildman–Crippen MR) is 96.2 cm³/mol. The van der Waals surface area contributed by atoms with Gasteiger partial charge in [0.1, 0.15) is 17.7 Å². The molecule has 0 aliphatic carbocycles. The topological polar surface area (TPSA) is 54.9 Å². The first-order valence-corrected chi connectivity index (χ1v) is 8.53. The minimum absolute atomic E-state index is 0.0605. The van der Waals surface area contributed by atoms with Gasteiger partial charge >= 0.3 is 0 Å². The number of nitrogens with zero attached hydrogens (tertiary/aromatic N) is 1. The Morgan fingerprint density at radius 2 is 2.08 bits per heavy atom. The van der Waals surface area contributed by atoms with E-state index >= 15 is 0 Å². The minimum atomic E-state index is -0.295. The van der Waals surface area contributed by atoms with E-state index in [0.717, 1.165) is 32.0 Å². The van der Waals surface area contributed by atoms with Crippen molar-refractivity contribution in [3.05, 3.63) is 30.1 Å². The molecule has 0 aliphatic heterocycles. The third kappa shape index (κ3) is 8.72.